The molecule has 0 aliphatic rings. The van der Waals surface area contributed by atoms with Gasteiger partial charge >= 0.3 is 0 Å². The first-order valence-corrected chi connectivity index (χ1v) is 6.33. The number of amides is 1. The van der Waals surface area contributed by atoms with E-state index in [0.29, 0.717) is 6.54 Å². The Labute approximate surface area is 116 Å². The Hall–Kier alpha value is -2.37. The fourth-order valence-electron chi connectivity index (χ4n) is 1.76. The van der Waals surface area contributed by atoms with Crippen LogP contribution in [0.5, 0.6) is 0 Å². The Morgan fingerprint density at radius 3 is 2.85 bits per heavy atom. The van der Waals surface area contributed by atoms with Crippen LogP contribution in [0.2, 0.25) is 0 Å². The van der Waals surface area contributed by atoms with Crippen molar-refractivity contribution in [1.29, 1.82) is 0 Å². The topological polar surface area (TPSA) is 72.9 Å². The predicted octanol–water partition coefficient (Wildman–Crippen LogP) is 2.31. The van der Waals surface area contributed by atoms with E-state index in [9.17, 15) is 9.18 Å². The number of carbonyl (C=O) groups excluding carboxylic acids is 1. The molecule has 2 rings (SSSR count). The van der Waals surface area contributed by atoms with Crippen LogP contribution in [-0.4, -0.2) is 15.7 Å². The molecular formula is C14H17FN4O. The number of nitrogens with one attached hydrogen (secondary N) is 1. The lowest BCUT2D eigenvalue weighted by Gasteiger charge is -2.08. The summed E-state index contributed by atoms with van der Waals surface area (Å²) in [5, 5.41) is 7.15. The Morgan fingerprint density at radius 1 is 1.50 bits per heavy atom. The standard InChI is InChI=1S/C14H17FN4O/c1-9(2)19-8-10(7-18-19)6-17-13-5-11(14(16)20)3-4-12(13)15/h3-5,7-9,17H,6H2,1-2H3,(H2,16,20). The van der Waals surface area contributed by atoms with Gasteiger partial charge < -0.3 is 11.1 Å². The number of nitrogens with zero attached hydrogens (tertiary/aromatic N) is 2. The molecule has 0 aliphatic carbocycles. The Balaban J connectivity index is 2.09. The predicted molar refractivity (Wildman–Crippen MR) is 74.9 cm³/mol. The molecular weight excluding hydrogens is 259 g/mol. The first-order chi connectivity index (χ1) is 9.47. The summed E-state index contributed by atoms with van der Waals surface area (Å²) < 4.78 is 15.5. The van der Waals surface area contributed by atoms with E-state index in [1.807, 2.05) is 24.7 Å². The van der Waals surface area contributed by atoms with Crippen molar-refractivity contribution in [3.63, 3.8) is 0 Å². The Bertz CT molecular complexity index is 621. The van der Waals surface area contributed by atoms with E-state index < -0.39 is 11.7 Å². The van der Waals surface area contributed by atoms with Crippen molar-refractivity contribution in [2.45, 2.75) is 26.4 Å². The van der Waals surface area contributed by atoms with Crippen molar-refractivity contribution in [3.8, 4) is 0 Å². The zero-order chi connectivity index (χ0) is 14.7. The van der Waals surface area contributed by atoms with E-state index in [0.717, 1.165) is 5.56 Å². The highest BCUT2D eigenvalue weighted by atomic mass is 19.1. The van der Waals surface area contributed by atoms with E-state index in [2.05, 4.69) is 10.4 Å². The van der Waals surface area contributed by atoms with Gasteiger partial charge in [0.05, 0.1) is 11.9 Å². The number of anilines is 1. The van der Waals surface area contributed by atoms with Gasteiger partial charge in [-0.15, -0.1) is 0 Å². The lowest BCUT2D eigenvalue weighted by atomic mass is 10.2. The van der Waals surface area contributed by atoms with Crippen LogP contribution in [0.15, 0.2) is 30.6 Å². The summed E-state index contributed by atoms with van der Waals surface area (Å²) >= 11 is 0. The van der Waals surface area contributed by atoms with Crippen LogP contribution in [0.1, 0.15) is 35.8 Å². The lowest BCUT2D eigenvalue weighted by Crippen LogP contribution is -2.12. The zero-order valence-corrected chi connectivity index (χ0v) is 11.4. The molecule has 0 radical (unpaired) electrons. The fourth-order valence-corrected chi connectivity index (χ4v) is 1.76. The van der Waals surface area contributed by atoms with Crippen LogP contribution in [0, 0.1) is 5.82 Å². The molecule has 1 aromatic heterocycles. The number of rotatable bonds is 5. The van der Waals surface area contributed by atoms with E-state index in [1.54, 1.807) is 6.20 Å². The maximum Gasteiger partial charge on any atom is 0.248 e. The van der Waals surface area contributed by atoms with Gasteiger partial charge in [-0.05, 0) is 32.0 Å². The van der Waals surface area contributed by atoms with E-state index >= 15 is 0 Å². The molecule has 6 heteroatoms. The van der Waals surface area contributed by atoms with Gasteiger partial charge in [0, 0.05) is 29.9 Å². The summed E-state index contributed by atoms with van der Waals surface area (Å²) in [6.45, 7) is 4.48. The first-order valence-electron chi connectivity index (χ1n) is 6.33. The minimum Gasteiger partial charge on any atom is -0.378 e. The van der Waals surface area contributed by atoms with Crippen LogP contribution in [-0.2, 0) is 6.54 Å². The van der Waals surface area contributed by atoms with Crippen LogP contribution in [0.4, 0.5) is 10.1 Å². The van der Waals surface area contributed by atoms with Crippen molar-refractivity contribution >= 4 is 11.6 Å². The van der Waals surface area contributed by atoms with Gasteiger partial charge in [0.1, 0.15) is 5.82 Å². The molecule has 3 N–H and O–H groups in total. The minimum atomic E-state index is -0.583. The van der Waals surface area contributed by atoms with Crippen LogP contribution in [0.3, 0.4) is 0 Å². The molecule has 2 aromatic rings. The third-order valence-electron chi connectivity index (χ3n) is 2.92. The molecule has 20 heavy (non-hydrogen) atoms. The van der Waals surface area contributed by atoms with Gasteiger partial charge in [0.2, 0.25) is 5.91 Å². The van der Waals surface area contributed by atoms with Gasteiger partial charge in [-0.25, -0.2) is 4.39 Å². The number of hydrogen-bond donors (Lipinski definition) is 2. The molecule has 1 amide bonds. The normalized spacial score (nSPS) is 10.8. The summed E-state index contributed by atoms with van der Waals surface area (Å²) in [6.07, 6.45) is 3.62. The van der Waals surface area contributed by atoms with Crippen molar-refractivity contribution in [3.05, 3.63) is 47.5 Å². The number of carbonyl (C=O) groups is 1. The monoisotopic (exact) mass is 276 g/mol. The Kier molecular flexibility index (Phi) is 4.02. The lowest BCUT2D eigenvalue weighted by molar-refractivity contribution is 0.100. The summed E-state index contributed by atoms with van der Waals surface area (Å²) in [6, 6.07) is 4.27. The summed E-state index contributed by atoms with van der Waals surface area (Å²) in [4.78, 5) is 11.1. The summed E-state index contributed by atoms with van der Waals surface area (Å²) in [5.41, 5.74) is 6.63. The maximum absolute atomic E-state index is 13.6. The number of nitrogens with two attached hydrogens (primary N) is 1. The van der Waals surface area contributed by atoms with Gasteiger partial charge in [0.25, 0.3) is 0 Å². The van der Waals surface area contributed by atoms with Crippen molar-refractivity contribution in [2.75, 3.05) is 5.32 Å². The van der Waals surface area contributed by atoms with Gasteiger partial charge in [-0.1, -0.05) is 0 Å². The largest absolute Gasteiger partial charge is 0.378 e. The highest BCUT2D eigenvalue weighted by molar-refractivity contribution is 5.93. The third-order valence-corrected chi connectivity index (χ3v) is 2.92. The maximum atomic E-state index is 13.6. The van der Waals surface area contributed by atoms with Gasteiger partial charge in [0.15, 0.2) is 0 Å². The number of benzene rings is 1. The number of halogens is 1. The highest BCUT2D eigenvalue weighted by Gasteiger charge is 2.08. The summed E-state index contributed by atoms with van der Waals surface area (Å²) in [7, 11) is 0. The Morgan fingerprint density at radius 2 is 2.25 bits per heavy atom. The van der Waals surface area contributed by atoms with Crippen molar-refractivity contribution in [2.24, 2.45) is 5.73 Å². The van der Waals surface area contributed by atoms with Crippen LogP contribution >= 0.6 is 0 Å². The molecule has 1 aromatic carbocycles. The van der Waals surface area contributed by atoms with Gasteiger partial charge in [-0.2, -0.15) is 5.10 Å². The second-order valence-corrected chi connectivity index (χ2v) is 4.83. The molecule has 0 atom stereocenters. The second-order valence-electron chi connectivity index (χ2n) is 4.83. The SMILES string of the molecule is CC(C)n1cc(CNc2cc(C(N)=O)ccc2F)cn1. The highest BCUT2D eigenvalue weighted by Crippen LogP contribution is 2.17. The first kappa shape index (κ1) is 14.0. The van der Waals surface area contributed by atoms with E-state index in [4.69, 9.17) is 5.73 Å². The molecule has 0 aliphatic heterocycles. The summed E-state index contributed by atoms with van der Waals surface area (Å²) in [5.74, 6) is -1.01. The van der Waals surface area contributed by atoms with E-state index in [-0.39, 0.29) is 17.3 Å². The van der Waals surface area contributed by atoms with Crippen LogP contribution in [0.25, 0.3) is 0 Å². The third kappa shape index (κ3) is 3.14. The van der Waals surface area contributed by atoms with E-state index in [1.165, 1.54) is 18.2 Å². The average molecular weight is 276 g/mol. The van der Waals surface area contributed by atoms with Crippen molar-refractivity contribution < 1.29 is 9.18 Å². The van der Waals surface area contributed by atoms with Crippen molar-refractivity contribution in [1.82, 2.24) is 9.78 Å². The minimum absolute atomic E-state index is 0.249. The molecule has 5 nitrogen and oxygen atoms in total. The molecule has 0 fully saturated rings. The molecule has 0 unspecified atom stereocenters. The number of hydrogen-bond acceptors (Lipinski definition) is 3. The molecule has 106 valence electrons. The quantitative estimate of drug-likeness (QED) is 0.880. The number of aromatic nitrogens is 2. The molecule has 1 heterocycles. The second kappa shape index (κ2) is 5.73. The number of primary amides is 1. The van der Waals surface area contributed by atoms with Gasteiger partial charge in [-0.3, -0.25) is 9.48 Å². The molecule has 0 saturated heterocycles. The average Bonchev–Trinajstić information content (AvgIpc) is 2.86. The molecule has 0 bridgehead atoms. The zero-order valence-electron chi connectivity index (χ0n) is 11.4. The fraction of sp³-hybridized carbons (Fsp3) is 0.286. The smallest absolute Gasteiger partial charge is 0.248 e. The van der Waals surface area contributed by atoms with Crippen LogP contribution < -0.4 is 11.1 Å². The molecule has 0 spiro atoms. The molecule has 0 saturated carbocycles.